The molecule has 0 bridgehead atoms. The number of carbonyl (C=O) groups excluding carboxylic acids is 2. The topological polar surface area (TPSA) is 37.4 Å². The molecule has 1 atom stereocenters. The molecule has 1 aromatic rings. The lowest BCUT2D eigenvalue weighted by atomic mass is 10.0. The quantitative estimate of drug-likeness (QED) is 0.709. The molecule has 84 valence electrons. The van der Waals surface area contributed by atoms with Crippen molar-refractivity contribution in [1.29, 1.82) is 0 Å². The fourth-order valence-corrected chi connectivity index (χ4v) is 2.21. The molecule has 1 unspecified atom stereocenters. The SMILES string of the molecule is CC(=O)N1CCCC1C(=O)c1ccccc1. The van der Waals surface area contributed by atoms with Crippen LogP contribution in [0.3, 0.4) is 0 Å². The number of ketones is 1. The van der Waals surface area contributed by atoms with E-state index in [2.05, 4.69) is 0 Å². The van der Waals surface area contributed by atoms with E-state index < -0.39 is 0 Å². The summed E-state index contributed by atoms with van der Waals surface area (Å²) in [6, 6.07) is 8.94. The number of carbonyl (C=O) groups is 2. The van der Waals surface area contributed by atoms with Gasteiger partial charge in [-0.2, -0.15) is 0 Å². The van der Waals surface area contributed by atoms with E-state index in [4.69, 9.17) is 0 Å². The van der Waals surface area contributed by atoms with E-state index in [1.54, 1.807) is 17.0 Å². The Labute approximate surface area is 95.1 Å². The lowest BCUT2D eigenvalue weighted by Gasteiger charge is -2.21. The number of hydrogen-bond donors (Lipinski definition) is 0. The van der Waals surface area contributed by atoms with E-state index in [9.17, 15) is 9.59 Å². The van der Waals surface area contributed by atoms with Crippen molar-refractivity contribution >= 4 is 11.7 Å². The minimum absolute atomic E-state index is 0.00761. The number of hydrogen-bond acceptors (Lipinski definition) is 2. The zero-order chi connectivity index (χ0) is 11.5. The molecule has 1 aromatic carbocycles. The van der Waals surface area contributed by atoms with Crippen LogP contribution in [0.5, 0.6) is 0 Å². The van der Waals surface area contributed by atoms with Crippen LogP contribution in [0, 0.1) is 0 Å². The summed E-state index contributed by atoms with van der Waals surface area (Å²) in [5.41, 5.74) is 0.695. The molecular formula is C13H15NO2. The van der Waals surface area contributed by atoms with Crippen molar-refractivity contribution < 1.29 is 9.59 Å². The molecule has 1 saturated heterocycles. The molecule has 0 aromatic heterocycles. The van der Waals surface area contributed by atoms with Crippen LogP contribution in [0.1, 0.15) is 30.1 Å². The third kappa shape index (κ3) is 1.98. The van der Waals surface area contributed by atoms with E-state index in [1.165, 1.54) is 6.92 Å². The number of nitrogens with zero attached hydrogens (tertiary/aromatic N) is 1. The molecule has 1 aliphatic rings. The van der Waals surface area contributed by atoms with Crippen molar-refractivity contribution in [3.8, 4) is 0 Å². The Bertz CT molecular complexity index is 400. The molecule has 1 heterocycles. The highest BCUT2D eigenvalue weighted by Gasteiger charge is 2.32. The fraction of sp³-hybridized carbons (Fsp3) is 0.385. The molecule has 0 N–H and O–H groups in total. The van der Waals surface area contributed by atoms with Crippen molar-refractivity contribution in [2.75, 3.05) is 6.54 Å². The molecular weight excluding hydrogens is 202 g/mol. The average Bonchev–Trinajstić information content (AvgIpc) is 2.78. The summed E-state index contributed by atoms with van der Waals surface area (Å²) >= 11 is 0. The van der Waals surface area contributed by atoms with Crippen LogP contribution in [0.15, 0.2) is 30.3 Å². The molecule has 3 heteroatoms. The van der Waals surface area contributed by atoms with Gasteiger partial charge >= 0.3 is 0 Å². The third-order valence-corrected chi connectivity index (χ3v) is 3.02. The Morgan fingerprint density at radius 2 is 1.94 bits per heavy atom. The van der Waals surface area contributed by atoms with Crippen LogP contribution in [0.25, 0.3) is 0 Å². The van der Waals surface area contributed by atoms with E-state index in [0.29, 0.717) is 12.1 Å². The van der Waals surface area contributed by atoms with Crippen LogP contribution < -0.4 is 0 Å². The average molecular weight is 217 g/mol. The van der Waals surface area contributed by atoms with Gasteiger partial charge in [-0.25, -0.2) is 0 Å². The van der Waals surface area contributed by atoms with Gasteiger partial charge in [-0.15, -0.1) is 0 Å². The van der Waals surface area contributed by atoms with Gasteiger partial charge < -0.3 is 4.90 Å². The van der Waals surface area contributed by atoms with E-state index in [-0.39, 0.29) is 17.7 Å². The summed E-state index contributed by atoms with van der Waals surface area (Å²) in [5, 5.41) is 0. The number of Topliss-reactive ketones (excluding diaryl/α,β-unsaturated/α-hetero) is 1. The molecule has 0 radical (unpaired) electrons. The maximum Gasteiger partial charge on any atom is 0.220 e. The smallest absolute Gasteiger partial charge is 0.220 e. The van der Waals surface area contributed by atoms with Crippen molar-refractivity contribution in [3.05, 3.63) is 35.9 Å². The highest BCUT2D eigenvalue weighted by Crippen LogP contribution is 2.21. The molecule has 1 aliphatic heterocycles. The van der Waals surface area contributed by atoms with Crippen molar-refractivity contribution in [1.82, 2.24) is 4.90 Å². The lowest BCUT2D eigenvalue weighted by molar-refractivity contribution is -0.128. The molecule has 0 spiro atoms. The Morgan fingerprint density at radius 3 is 2.56 bits per heavy atom. The van der Waals surface area contributed by atoms with Crippen molar-refractivity contribution in [2.24, 2.45) is 0 Å². The monoisotopic (exact) mass is 217 g/mol. The number of benzene rings is 1. The molecule has 1 amide bonds. The number of amides is 1. The molecule has 0 aliphatic carbocycles. The van der Waals surface area contributed by atoms with E-state index >= 15 is 0 Å². The van der Waals surface area contributed by atoms with Gasteiger partial charge in [0.25, 0.3) is 0 Å². The standard InChI is InChI=1S/C13H15NO2/c1-10(15)14-9-5-8-12(14)13(16)11-6-3-2-4-7-11/h2-4,6-7,12H,5,8-9H2,1H3. The summed E-state index contributed by atoms with van der Waals surface area (Å²) in [4.78, 5) is 25.2. The summed E-state index contributed by atoms with van der Waals surface area (Å²) in [6.45, 7) is 2.23. The Balaban J connectivity index is 2.19. The van der Waals surface area contributed by atoms with Gasteiger partial charge in [0.15, 0.2) is 5.78 Å². The van der Waals surface area contributed by atoms with Gasteiger partial charge in [0.2, 0.25) is 5.91 Å². The van der Waals surface area contributed by atoms with Gasteiger partial charge in [0, 0.05) is 19.0 Å². The first-order valence-corrected chi connectivity index (χ1v) is 5.56. The third-order valence-electron chi connectivity index (χ3n) is 3.02. The molecule has 0 saturated carbocycles. The maximum absolute atomic E-state index is 12.2. The molecule has 3 nitrogen and oxygen atoms in total. The van der Waals surface area contributed by atoms with Gasteiger partial charge in [-0.05, 0) is 12.8 Å². The zero-order valence-electron chi connectivity index (χ0n) is 9.35. The summed E-state index contributed by atoms with van der Waals surface area (Å²) < 4.78 is 0. The predicted octanol–water partition coefficient (Wildman–Crippen LogP) is 1.88. The second-order valence-electron chi connectivity index (χ2n) is 4.10. The largest absolute Gasteiger partial charge is 0.333 e. The van der Waals surface area contributed by atoms with Crippen LogP contribution >= 0.6 is 0 Å². The van der Waals surface area contributed by atoms with Gasteiger partial charge in [0.05, 0.1) is 6.04 Å². The van der Waals surface area contributed by atoms with Gasteiger partial charge in [0.1, 0.15) is 0 Å². The molecule has 2 rings (SSSR count). The van der Waals surface area contributed by atoms with Gasteiger partial charge in [-0.1, -0.05) is 30.3 Å². The molecule has 1 fully saturated rings. The Hall–Kier alpha value is -1.64. The van der Waals surface area contributed by atoms with Crippen LogP contribution in [-0.2, 0) is 4.79 Å². The predicted molar refractivity (Wildman–Crippen MR) is 61.2 cm³/mol. The van der Waals surface area contributed by atoms with Gasteiger partial charge in [-0.3, -0.25) is 9.59 Å². The number of likely N-dealkylation sites (tertiary alicyclic amines) is 1. The minimum Gasteiger partial charge on any atom is -0.333 e. The fourth-order valence-electron chi connectivity index (χ4n) is 2.21. The first-order valence-electron chi connectivity index (χ1n) is 5.56. The Kier molecular flexibility index (Phi) is 3.04. The van der Waals surface area contributed by atoms with Crippen molar-refractivity contribution in [3.63, 3.8) is 0 Å². The highest BCUT2D eigenvalue weighted by molar-refractivity contribution is 6.01. The number of rotatable bonds is 2. The summed E-state index contributed by atoms with van der Waals surface area (Å²) in [6.07, 6.45) is 1.70. The van der Waals surface area contributed by atoms with E-state index in [1.807, 2.05) is 18.2 Å². The van der Waals surface area contributed by atoms with Crippen LogP contribution in [-0.4, -0.2) is 29.2 Å². The van der Waals surface area contributed by atoms with Crippen LogP contribution in [0.4, 0.5) is 0 Å². The highest BCUT2D eigenvalue weighted by atomic mass is 16.2. The minimum atomic E-state index is -0.250. The summed E-state index contributed by atoms with van der Waals surface area (Å²) in [7, 11) is 0. The first kappa shape index (κ1) is 10.9. The summed E-state index contributed by atoms with van der Waals surface area (Å²) in [5.74, 6) is 0.0556. The second kappa shape index (κ2) is 4.47. The zero-order valence-corrected chi connectivity index (χ0v) is 9.35. The first-order chi connectivity index (χ1) is 7.70. The molecule has 16 heavy (non-hydrogen) atoms. The lowest BCUT2D eigenvalue weighted by Crippen LogP contribution is -2.39. The Morgan fingerprint density at radius 1 is 1.25 bits per heavy atom. The van der Waals surface area contributed by atoms with E-state index in [0.717, 1.165) is 12.8 Å². The second-order valence-corrected chi connectivity index (χ2v) is 4.10. The van der Waals surface area contributed by atoms with Crippen LogP contribution in [0.2, 0.25) is 0 Å². The van der Waals surface area contributed by atoms with Crippen molar-refractivity contribution in [2.45, 2.75) is 25.8 Å². The normalized spacial score (nSPS) is 19.8. The maximum atomic E-state index is 12.2.